The first-order valence-corrected chi connectivity index (χ1v) is 5.88. The van der Waals surface area contributed by atoms with Crippen LogP contribution in [-0.2, 0) is 0 Å². The maximum Gasteiger partial charge on any atom is 0.253 e. The lowest BCUT2D eigenvalue weighted by atomic mass is 10.1. The van der Waals surface area contributed by atoms with E-state index in [1.165, 1.54) is 0 Å². The van der Waals surface area contributed by atoms with Crippen LogP contribution in [0.25, 0.3) is 0 Å². The van der Waals surface area contributed by atoms with Gasteiger partial charge < -0.3 is 5.32 Å². The Morgan fingerprint density at radius 2 is 2.25 bits per heavy atom. The second-order valence-electron chi connectivity index (χ2n) is 4.11. The van der Waals surface area contributed by atoms with E-state index in [2.05, 4.69) is 10.3 Å². The van der Waals surface area contributed by atoms with E-state index in [0.717, 1.165) is 5.69 Å². The molecular formula is C12H17ClN2O. The van der Waals surface area contributed by atoms with Gasteiger partial charge in [0.1, 0.15) is 0 Å². The number of carbonyl (C=O) groups excluding carboxylic acids is 1. The van der Waals surface area contributed by atoms with E-state index in [4.69, 9.17) is 11.6 Å². The van der Waals surface area contributed by atoms with Crippen molar-refractivity contribution in [1.29, 1.82) is 0 Å². The molecule has 0 aliphatic heterocycles. The van der Waals surface area contributed by atoms with Crippen LogP contribution in [0.1, 0.15) is 29.9 Å². The third-order valence-corrected chi connectivity index (χ3v) is 2.87. The predicted octanol–water partition coefficient (Wildman–Crippen LogP) is 2.38. The maximum absolute atomic E-state index is 11.9. The molecular weight excluding hydrogens is 224 g/mol. The highest BCUT2D eigenvalue weighted by atomic mass is 35.5. The number of nitrogens with one attached hydrogen (secondary N) is 1. The van der Waals surface area contributed by atoms with Gasteiger partial charge in [0.2, 0.25) is 0 Å². The van der Waals surface area contributed by atoms with Crippen molar-refractivity contribution >= 4 is 17.5 Å². The largest absolute Gasteiger partial charge is 0.348 e. The number of pyridine rings is 1. The first-order valence-electron chi connectivity index (χ1n) is 5.34. The van der Waals surface area contributed by atoms with Crippen LogP contribution in [-0.4, -0.2) is 22.8 Å². The van der Waals surface area contributed by atoms with Crippen molar-refractivity contribution in [3.05, 3.63) is 29.6 Å². The van der Waals surface area contributed by atoms with Crippen LogP contribution in [0.2, 0.25) is 0 Å². The molecule has 1 heterocycles. The molecule has 3 nitrogen and oxygen atoms in total. The Morgan fingerprint density at radius 1 is 1.56 bits per heavy atom. The highest BCUT2D eigenvalue weighted by molar-refractivity contribution is 6.18. The Balaban J connectivity index is 2.76. The summed E-state index contributed by atoms with van der Waals surface area (Å²) < 4.78 is 0. The molecule has 4 heteroatoms. The fourth-order valence-corrected chi connectivity index (χ4v) is 1.79. The zero-order valence-corrected chi connectivity index (χ0v) is 10.6. The summed E-state index contributed by atoms with van der Waals surface area (Å²) in [4.78, 5) is 16.0. The summed E-state index contributed by atoms with van der Waals surface area (Å²) in [5.74, 6) is 0.631. The standard InChI is InChI=1S/C12H17ClN2O/c1-8(2)11(7-13)15-12(16)10-5-4-6-14-9(10)3/h4-6,8,11H,7H2,1-3H3,(H,15,16). The van der Waals surface area contributed by atoms with E-state index in [9.17, 15) is 4.79 Å². The SMILES string of the molecule is Cc1ncccc1C(=O)NC(CCl)C(C)C. The lowest BCUT2D eigenvalue weighted by molar-refractivity contribution is 0.0930. The van der Waals surface area contributed by atoms with Crippen molar-refractivity contribution < 1.29 is 4.79 Å². The third kappa shape index (κ3) is 3.20. The van der Waals surface area contributed by atoms with Crippen LogP contribution in [0.5, 0.6) is 0 Å². The normalized spacial score (nSPS) is 12.6. The summed E-state index contributed by atoms with van der Waals surface area (Å²) in [6, 6.07) is 3.52. The molecule has 1 atom stereocenters. The van der Waals surface area contributed by atoms with Gasteiger partial charge in [-0.3, -0.25) is 9.78 Å². The van der Waals surface area contributed by atoms with Gasteiger partial charge in [0.05, 0.1) is 5.56 Å². The van der Waals surface area contributed by atoms with Gasteiger partial charge in [0.15, 0.2) is 0 Å². The van der Waals surface area contributed by atoms with Crippen LogP contribution in [0.15, 0.2) is 18.3 Å². The number of halogens is 1. The molecule has 0 saturated heterocycles. The van der Waals surface area contributed by atoms with Crippen molar-refractivity contribution in [2.24, 2.45) is 5.92 Å². The van der Waals surface area contributed by atoms with Gasteiger partial charge in [0, 0.05) is 23.8 Å². The van der Waals surface area contributed by atoms with Gasteiger partial charge in [-0.2, -0.15) is 0 Å². The number of rotatable bonds is 4. The first kappa shape index (κ1) is 13.0. The van der Waals surface area contributed by atoms with Crippen LogP contribution >= 0.6 is 11.6 Å². The number of aryl methyl sites for hydroxylation is 1. The molecule has 1 N–H and O–H groups in total. The van der Waals surface area contributed by atoms with Crippen LogP contribution in [0, 0.1) is 12.8 Å². The second kappa shape index (κ2) is 5.85. The van der Waals surface area contributed by atoms with Gasteiger partial charge in [-0.1, -0.05) is 13.8 Å². The molecule has 0 fully saturated rings. The molecule has 0 bridgehead atoms. The van der Waals surface area contributed by atoms with E-state index in [1.807, 2.05) is 20.8 Å². The van der Waals surface area contributed by atoms with E-state index >= 15 is 0 Å². The number of alkyl halides is 1. The average molecular weight is 241 g/mol. The van der Waals surface area contributed by atoms with Crippen molar-refractivity contribution in [3.63, 3.8) is 0 Å². The zero-order valence-electron chi connectivity index (χ0n) is 9.83. The predicted molar refractivity (Wildman–Crippen MR) is 65.8 cm³/mol. The summed E-state index contributed by atoms with van der Waals surface area (Å²) in [7, 11) is 0. The van der Waals surface area contributed by atoms with Crippen molar-refractivity contribution in [1.82, 2.24) is 10.3 Å². The number of hydrogen-bond acceptors (Lipinski definition) is 2. The summed E-state index contributed by atoms with van der Waals surface area (Å²) >= 11 is 5.80. The molecule has 0 spiro atoms. The first-order chi connectivity index (χ1) is 7.56. The number of aromatic nitrogens is 1. The molecule has 16 heavy (non-hydrogen) atoms. The Labute approximate surface area is 101 Å². The quantitative estimate of drug-likeness (QED) is 0.822. The molecule has 0 aliphatic rings. The second-order valence-corrected chi connectivity index (χ2v) is 4.42. The minimum atomic E-state index is -0.107. The molecule has 1 aromatic rings. The summed E-state index contributed by atoms with van der Waals surface area (Å²) in [5, 5.41) is 2.91. The molecule has 0 saturated carbocycles. The van der Waals surface area contributed by atoms with E-state index in [0.29, 0.717) is 17.4 Å². The maximum atomic E-state index is 11.9. The molecule has 1 amide bonds. The van der Waals surface area contributed by atoms with Gasteiger partial charge in [0.25, 0.3) is 5.91 Å². The van der Waals surface area contributed by atoms with Crippen molar-refractivity contribution in [2.75, 3.05) is 5.88 Å². The zero-order chi connectivity index (χ0) is 12.1. The van der Waals surface area contributed by atoms with Gasteiger partial charge in [-0.15, -0.1) is 11.6 Å². The fourth-order valence-electron chi connectivity index (χ4n) is 1.35. The van der Waals surface area contributed by atoms with Gasteiger partial charge in [-0.05, 0) is 25.0 Å². The number of nitrogens with zero attached hydrogens (tertiary/aromatic N) is 1. The fraction of sp³-hybridized carbons (Fsp3) is 0.500. The molecule has 1 aromatic heterocycles. The Kier molecular flexibility index (Phi) is 4.74. The van der Waals surface area contributed by atoms with Crippen LogP contribution in [0.3, 0.4) is 0 Å². The van der Waals surface area contributed by atoms with Gasteiger partial charge >= 0.3 is 0 Å². The number of hydrogen-bond donors (Lipinski definition) is 1. The van der Waals surface area contributed by atoms with E-state index in [-0.39, 0.29) is 11.9 Å². The monoisotopic (exact) mass is 240 g/mol. The van der Waals surface area contributed by atoms with Crippen molar-refractivity contribution in [3.8, 4) is 0 Å². The topological polar surface area (TPSA) is 42.0 Å². The highest BCUT2D eigenvalue weighted by Crippen LogP contribution is 2.08. The summed E-state index contributed by atoms with van der Waals surface area (Å²) in [5.41, 5.74) is 1.34. The minimum absolute atomic E-state index is 0.00577. The van der Waals surface area contributed by atoms with E-state index in [1.54, 1.807) is 18.3 Å². The Morgan fingerprint density at radius 3 is 2.75 bits per heavy atom. The minimum Gasteiger partial charge on any atom is -0.348 e. The highest BCUT2D eigenvalue weighted by Gasteiger charge is 2.17. The summed E-state index contributed by atoms with van der Waals surface area (Å²) in [6.07, 6.45) is 1.67. The van der Waals surface area contributed by atoms with Gasteiger partial charge in [-0.25, -0.2) is 0 Å². The van der Waals surface area contributed by atoms with E-state index < -0.39 is 0 Å². The lowest BCUT2D eigenvalue weighted by Crippen LogP contribution is -2.40. The third-order valence-electron chi connectivity index (χ3n) is 2.54. The van der Waals surface area contributed by atoms with Crippen LogP contribution in [0.4, 0.5) is 0 Å². The molecule has 0 aromatic carbocycles. The Bertz CT molecular complexity index is 366. The average Bonchev–Trinajstić information content (AvgIpc) is 2.25. The molecule has 0 aliphatic carbocycles. The van der Waals surface area contributed by atoms with Crippen molar-refractivity contribution in [2.45, 2.75) is 26.8 Å². The number of carbonyl (C=O) groups is 1. The molecule has 88 valence electrons. The number of amides is 1. The lowest BCUT2D eigenvalue weighted by Gasteiger charge is -2.20. The summed E-state index contributed by atoms with van der Waals surface area (Å²) in [6.45, 7) is 5.88. The molecule has 0 radical (unpaired) electrons. The Hall–Kier alpha value is -1.09. The molecule has 1 unspecified atom stereocenters. The smallest absolute Gasteiger partial charge is 0.253 e. The molecule has 1 rings (SSSR count). The van der Waals surface area contributed by atoms with Crippen LogP contribution < -0.4 is 5.32 Å².